The molecule has 1 unspecified atom stereocenters. The van der Waals surface area contributed by atoms with Crippen molar-refractivity contribution in [3.63, 3.8) is 0 Å². The smallest absolute Gasteiger partial charge is 0.319 e. The van der Waals surface area contributed by atoms with Gasteiger partial charge in [0.25, 0.3) is 0 Å². The molecule has 100 valence electrons. The van der Waals surface area contributed by atoms with Gasteiger partial charge < -0.3 is 10.2 Å². The average molecular weight is 278 g/mol. The van der Waals surface area contributed by atoms with E-state index in [2.05, 4.69) is 15.2 Å². The Bertz CT molecular complexity index is 627. The number of rotatable bonds is 3. The quantitative estimate of drug-likeness (QED) is 0.687. The van der Waals surface area contributed by atoms with Gasteiger partial charge in [-0.3, -0.25) is 10.1 Å². The number of aromatic nitrogens is 1. The summed E-state index contributed by atoms with van der Waals surface area (Å²) in [5.74, 6) is 0. The molecule has 6 nitrogen and oxygen atoms in total. The minimum atomic E-state index is -0.315. The Hall–Kier alpha value is -1.73. The van der Waals surface area contributed by atoms with Gasteiger partial charge in [0.15, 0.2) is 5.52 Å². The molecule has 0 spiro atoms. The molecule has 3 rings (SSSR count). The van der Waals surface area contributed by atoms with Crippen molar-refractivity contribution < 1.29 is 4.92 Å². The van der Waals surface area contributed by atoms with Crippen molar-refractivity contribution in [2.45, 2.75) is 12.5 Å². The highest BCUT2D eigenvalue weighted by Gasteiger charge is 2.29. The molecule has 1 N–H and O–H groups in total. The van der Waals surface area contributed by atoms with Crippen molar-refractivity contribution in [1.29, 1.82) is 0 Å². The molecule has 1 aliphatic rings. The Kier molecular flexibility index (Phi) is 3.08. The summed E-state index contributed by atoms with van der Waals surface area (Å²) in [4.78, 5) is 17.3. The minimum absolute atomic E-state index is 0.135. The summed E-state index contributed by atoms with van der Waals surface area (Å²) in [6, 6.07) is 4.16. The second-order valence-electron chi connectivity index (χ2n) is 4.61. The number of nitrogens with one attached hydrogen (secondary N) is 1. The fourth-order valence-corrected chi connectivity index (χ4v) is 3.24. The van der Waals surface area contributed by atoms with Crippen LogP contribution in [0.25, 0.3) is 10.2 Å². The van der Waals surface area contributed by atoms with Crippen LogP contribution in [0.4, 0.5) is 11.4 Å². The zero-order valence-electron chi connectivity index (χ0n) is 10.5. The van der Waals surface area contributed by atoms with Gasteiger partial charge in [-0.1, -0.05) is 0 Å². The van der Waals surface area contributed by atoms with E-state index in [4.69, 9.17) is 0 Å². The maximum Gasteiger partial charge on any atom is 0.319 e. The van der Waals surface area contributed by atoms with Crippen LogP contribution in [0.3, 0.4) is 0 Å². The third kappa shape index (κ3) is 2.04. The third-order valence-corrected chi connectivity index (χ3v) is 4.37. The summed E-state index contributed by atoms with van der Waals surface area (Å²) in [5.41, 5.74) is 2.97. The number of nitrogens with zero attached hydrogens (tertiary/aromatic N) is 3. The first-order valence-electron chi connectivity index (χ1n) is 6.13. The van der Waals surface area contributed by atoms with E-state index in [1.54, 1.807) is 5.51 Å². The van der Waals surface area contributed by atoms with Crippen molar-refractivity contribution in [1.82, 2.24) is 10.3 Å². The summed E-state index contributed by atoms with van der Waals surface area (Å²) in [5, 5.41) is 14.6. The van der Waals surface area contributed by atoms with E-state index in [1.165, 1.54) is 11.3 Å². The van der Waals surface area contributed by atoms with E-state index in [9.17, 15) is 10.1 Å². The monoisotopic (exact) mass is 278 g/mol. The summed E-state index contributed by atoms with van der Waals surface area (Å²) in [6.45, 7) is 1.63. The molecule has 2 heterocycles. The number of fused-ring (bicyclic) bond motifs is 1. The highest BCUT2D eigenvalue weighted by atomic mass is 32.1. The number of thiazole rings is 1. The van der Waals surface area contributed by atoms with E-state index in [0.717, 1.165) is 24.2 Å². The first kappa shape index (κ1) is 12.3. The maximum atomic E-state index is 11.4. The predicted molar refractivity (Wildman–Crippen MR) is 76.0 cm³/mol. The molecule has 1 saturated heterocycles. The van der Waals surface area contributed by atoms with Gasteiger partial charge in [-0.2, -0.15) is 0 Å². The molecule has 1 fully saturated rings. The van der Waals surface area contributed by atoms with Crippen LogP contribution in [0.5, 0.6) is 0 Å². The van der Waals surface area contributed by atoms with Crippen LogP contribution in [0.2, 0.25) is 0 Å². The van der Waals surface area contributed by atoms with Crippen LogP contribution < -0.4 is 10.2 Å². The van der Waals surface area contributed by atoms with Gasteiger partial charge >= 0.3 is 5.69 Å². The lowest BCUT2D eigenvalue weighted by Crippen LogP contribution is -2.29. The molecule has 2 aromatic rings. The van der Waals surface area contributed by atoms with E-state index in [0.29, 0.717) is 17.2 Å². The Balaban J connectivity index is 2.08. The van der Waals surface area contributed by atoms with E-state index in [-0.39, 0.29) is 10.6 Å². The lowest BCUT2D eigenvalue weighted by atomic mass is 10.2. The average Bonchev–Trinajstić information content (AvgIpc) is 3.05. The molecule has 0 bridgehead atoms. The van der Waals surface area contributed by atoms with Crippen LogP contribution in [0, 0.1) is 10.1 Å². The van der Waals surface area contributed by atoms with Crippen LogP contribution in [-0.2, 0) is 0 Å². The fraction of sp³-hybridized carbons (Fsp3) is 0.417. The molecule has 1 atom stereocenters. The molecular formula is C12H14N4O2S. The second-order valence-corrected chi connectivity index (χ2v) is 5.50. The molecule has 1 aromatic heterocycles. The number of benzene rings is 1. The molecule has 0 radical (unpaired) electrons. The molecule has 0 saturated carbocycles. The molecule has 7 heteroatoms. The number of nitro groups is 1. The lowest BCUT2D eigenvalue weighted by Gasteiger charge is -2.18. The topological polar surface area (TPSA) is 71.3 Å². The van der Waals surface area contributed by atoms with Crippen LogP contribution in [-0.4, -0.2) is 36.1 Å². The van der Waals surface area contributed by atoms with Gasteiger partial charge in [-0.15, -0.1) is 11.3 Å². The number of hydrogen-bond acceptors (Lipinski definition) is 6. The van der Waals surface area contributed by atoms with Gasteiger partial charge in [0.05, 0.1) is 15.1 Å². The van der Waals surface area contributed by atoms with Crippen molar-refractivity contribution >= 4 is 32.9 Å². The molecular weight excluding hydrogens is 264 g/mol. The first-order valence-corrected chi connectivity index (χ1v) is 7.01. The lowest BCUT2D eigenvalue weighted by molar-refractivity contribution is -0.382. The normalized spacial score (nSPS) is 19.2. The summed E-state index contributed by atoms with van der Waals surface area (Å²) in [6.07, 6.45) is 1.00. The summed E-state index contributed by atoms with van der Waals surface area (Å²) in [7, 11) is 1.92. The standard InChI is InChI=1S/C12H14N4O2S/c1-13-8-4-5-15(6-8)9-2-3-10-11(14-7-19-10)12(9)16(17)18/h2-3,7-8,13H,4-6H2,1H3. The number of likely N-dealkylation sites (N-methyl/N-ethyl adjacent to an activating group) is 1. The summed E-state index contributed by atoms with van der Waals surface area (Å²) < 4.78 is 0.861. The van der Waals surface area contributed by atoms with E-state index in [1.807, 2.05) is 19.2 Å². The van der Waals surface area contributed by atoms with Gasteiger partial charge in [0.2, 0.25) is 0 Å². The third-order valence-electron chi connectivity index (χ3n) is 3.57. The molecule has 0 aliphatic carbocycles. The van der Waals surface area contributed by atoms with Gasteiger partial charge in [-0.05, 0) is 25.6 Å². The van der Waals surface area contributed by atoms with E-state index < -0.39 is 0 Å². The van der Waals surface area contributed by atoms with Crippen molar-refractivity contribution in [3.05, 3.63) is 27.8 Å². The van der Waals surface area contributed by atoms with Gasteiger partial charge in [0, 0.05) is 19.1 Å². The molecule has 1 aliphatic heterocycles. The number of nitro benzene ring substituents is 1. The first-order chi connectivity index (χ1) is 9.20. The second kappa shape index (κ2) is 4.75. The fourth-order valence-electron chi connectivity index (χ4n) is 2.56. The SMILES string of the molecule is CNC1CCN(c2ccc3scnc3c2[N+](=O)[O-])C1. The zero-order valence-corrected chi connectivity index (χ0v) is 11.3. The van der Waals surface area contributed by atoms with E-state index >= 15 is 0 Å². The van der Waals surface area contributed by atoms with Crippen molar-refractivity contribution in [2.24, 2.45) is 0 Å². The molecule has 19 heavy (non-hydrogen) atoms. The Morgan fingerprint density at radius 1 is 1.58 bits per heavy atom. The predicted octanol–water partition coefficient (Wildman–Crippen LogP) is 2.00. The van der Waals surface area contributed by atoms with Crippen LogP contribution in [0.1, 0.15) is 6.42 Å². The maximum absolute atomic E-state index is 11.4. The van der Waals surface area contributed by atoms with Gasteiger partial charge in [-0.25, -0.2) is 4.98 Å². The highest BCUT2D eigenvalue weighted by Crippen LogP contribution is 2.37. The van der Waals surface area contributed by atoms with Gasteiger partial charge in [0.1, 0.15) is 5.69 Å². The molecule has 0 amide bonds. The largest absolute Gasteiger partial charge is 0.364 e. The van der Waals surface area contributed by atoms with Crippen LogP contribution >= 0.6 is 11.3 Å². The molecule has 1 aromatic carbocycles. The van der Waals surface area contributed by atoms with Crippen LogP contribution in [0.15, 0.2) is 17.6 Å². The number of hydrogen-bond donors (Lipinski definition) is 1. The Morgan fingerprint density at radius 2 is 2.42 bits per heavy atom. The highest BCUT2D eigenvalue weighted by molar-refractivity contribution is 7.16. The van der Waals surface area contributed by atoms with Crippen molar-refractivity contribution in [2.75, 3.05) is 25.0 Å². The number of anilines is 1. The zero-order chi connectivity index (χ0) is 13.4. The minimum Gasteiger partial charge on any atom is -0.364 e. The Labute approximate surface area is 114 Å². The summed E-state index contributed by atoms with van der Waals surface area (Å²) >= 11 is 1.43. The Morgan fingerprint density at radius 3 is 3.11 bits per heavy atom. The van der Waals surface area contributed by atoms with Crippen molar-refractivity contribution in [3.8, 4) is 0 Å².